The van der Waals surface area contributed by atoms with Crippen LogP contribution in [0.2, 0.25) is 0 Å². The van der Waals surface area contributed by atoms with Crippen molar-refractivity contribution in [3.8, 4) is 5.75 Å². The van der Waals surface area contributed by atoms with Crippen LogP contribution in [0.4, 0.5) is 10.5 Å². The van der Waals surface area contributed by atoms with E-state index in [4.69, 9.17) is 9.84 Å². The van der Waals surface area contributed by atoms with Crippen molar-refractivity contribution >= 4 is 17.7 Å². The Labute approximate surface area is 123 Å². The molecule has 3 N–H and O–H groups in total. The molecular weight excluding hydrogens is 272 g/mol. The Morgan fingerprint density at radius 3 is 2.62 bits per heavy atom. The first-order valence-electron chi connectivity index (χ1n) is 7.00. The van der Waals surface area contributed by atoms with E-state index in [0.29, 0.717) is 11.6 Å². The molecule has 114 valence electrons. The molecule has 2 amide bonds. The van der Waals surface area contributed by atoms with Gasteiger partial charge in [0.2, 0.25) is 0 Å². The Kier molecular flexibility index (Phi) is 4.67. The Morgan fingerprint density at radius 1 is 1.38 bits per heavy atom. The van der Waals surface area contributed by atoms with E-state index in [-0.39, 0.29) is 23.4 Å². The van der Waals surface area contributed by atoms with Crippen LogP contribution in [-0.2, 0) is 0 Å². The Bertz CT molecular complexity index is 540. The van der Waals surface area contributed by atoms with Crippen molar-refractivity contribution in [3.63, 3.8) is 0 Å². The van der Waals surface area contributed by atoms with Gasteiger partial charge in [0.1, 0.15) is 11.3 Å². The molecule has 0 radical (unpaired) electrons. The quantitative estimate of drug-likeness (QED) is 0.778. The number of ether oxygens (including phenoxy) is 1. The van der Waals surface area contributed by atoms with Crippen molar-refractivity contribution in [2.24, 2.45) is 5.92 Å². The number of hydrogen-bond acceptors (Lipinski definition) is 3. The van der Waals surface area contributed by atoms with E-state index in [1.54, 1.807) is 6.07 Å². The van der Waals surface area contributed by atoms with Gasteiger partial charge in [-0.05, 0) is 37.8 Å². The minimum atomic E-state index is -1.07. The number of hydrogen-bond donors (Lipinski definition) is 3. The fraction of sp³-hybridized carbons (Fsp3) is 0.467. The molecule has 2 rings (SSSR count). The zero-order valence-electron chi connectivity index (χ0n) is 12.2. The largest absolute Gasteiger partial charge is 0.496 e. The van der Waals surface area contributed by atoms with E-state index >= 15 is 0 Å². The summed E-state index contributed by atoms with van der Waals surface area (Å²) >= 11 is 0. The number of carbonyl (C=O) groups is 2. The molecule has 1 saturated carbocycles. The average Bonchev–Trinajstić information content (AvgIpc) is 2.35. The predicted octanol–water partition coefficient (Wildman–Crippen LogP) is 2.70. The fourth-order valence-corrected chi connectivity index (χ4v) is 2.38. The molecule has 21 heavy (non-hydrogen) atoms. The Morgan fingerprint density at radius 2 is 2.10 bits per heavy atom. The molecule has 0 saturated heterocycles. The van der Waals surface area contributed by atoms with Crippen LogP contribution in [0, 0.1) is 5.92 Å². The van der Waals surface area contributed by atoms with Crippen molar-refractivity contribution < 1.29 is 19.4 Å². The number of aromatic carboxylic acids is 1. The lowest BCUT2D eigenvalue weighted by molar-refractivity contribution is 0.0693. The average molecular weight is 292 g/mol. The van der Waals surface area contributed by atoms with Crippen LogP contribution >= 0.6 is 0 Å². The maximum atomic E-state index is 11.9. The number of anilines is 1. The van der Waals surface area contributed by atoms with Gasteiger partial charge in [-0.2, -0.15) is 0 Å². The summed E-state index contributed by atoms with van der Waals surface area (Å²) in [6.07, 6.45) is 3.54. The van der Waals surface area contributed by atoms with Crippen LogP contribution in [0.15, 0.2) is 18.2 Å². The molecular formula is C15H20N2O4. The minimum Gasteiger partial charge on any atom is -0.496 e. The lowest BCUT2D eigenvalue weighted by Crippen LogP contribution is -2.42. The predicted molar refractivity (Wildman–Crippen MR) is 78.9 cm³/mol. The highest BCUT2D eigenvalue weighted by Gasteiger charge is 2.25. The van der Waals surface area contributed by atoms with Crippen molar-refractivity contribution in [1.82, 2.24) is 5.32 Å². The summed E-state index contributed by atoms with van der Waals surface area (Å²) in [5.41, 5.74) is 0.557. The molecule has 1 aromatic carbocycles. The van der Waals surface area contributed by atoms with Gasteiger partial charge in [0, 0.05) is 17.8 Å². The van der Waals surface area contributed by atoms with Gasteiger partial charge >= 0.3 is 12.0 Å². The van der Waals surface area contributed by atoms with Gasteiger partial charge in [-0.3, -0.25) is 0 Å². The zero-order chi connectivity index (χ0) is 15.4. The third kappa shape index (κ3) is 3.65. The van der Waals surface area contributed by atoms with Crippen LogP contribution in [0.1, 0.15) is 36.5 Å². The standard InChI is InChI=1S/C15H20N2O4/c1-9(10-4-3-5-10)16-15(20)17-11-6-7-12(14(18)19)13(8-11)21-2/h6-10H,3-5H2,1-2H3,(H,18,19)(H2,16,17,20). The SMILES string of the molecule is COc1cc(NC(=O)NC(C)C2CCC2)ccc1C(=O)O. The summed E-state index contributed by atoms with van der Waals surface area (Å²) in [7, 11) is 1.39. The minimum absolute atomic E-state index is 0.0614. The molecule has 0 spiro atoms. The summed E-state index contributed by atoms with van der Waals surface area (Å²) in [6, 6.07) is 4.29. The number of carboxylic acid groups (broad SMARTS) is 1. The highest BCUT2D eigenvalue weighted by molar-refractivity contribution is 5.94. The van der Waals surface area contributed by atoms with Crippen LogP contribution in [0.3, 0.4) is 0 Å². The number of amides is 2. The third-order valence-electron chi connectivity index (χ3n) is 3.91. The summed E-state index contributed by atoms with van der Waals surface area (Å²) in [4.78, 5) is 22.9. The maximum absolute atomic E-state index is 11.9. The van der Waals surface area contributed by atoms with Gasteiger partial charge < -0.3 is 20.5 Å². The van der Waals surface area contributed by atoms with Crippen LogP contribution in [-0.4, -0.2) is 30.3 Å². The zero-order valence-corrected chi connectivity index (χ0v) is 12.2. The van der Waals surface area contributed by atoms with Crippen molar-refractivity contribution in [2.45, 2.75) is 32.2 Å². The molecule has 0 heterocycles. The van der Waals surface area contributed by atoms with E-state index in [2.05, 4.69) is 10.6 Å². The maximum Gasteiger partial charge on any atom is 0.339 e. The van der Waals surface area contributed by atoms with E-state index in [1.165, 1.54) is 25.7 Å². The second-order valence-corrected chi connectivity index (χ2v) is 5.30. The van der Waals surface area contributed by atoms with Crippen molar-refractivity contribution in [3.05, 3.63) is 23.8 Å². The van der Waals surface area contributed by atoms with E-state index in [9.17, 15) is 9.59 Å². The van der Waals surface area contributed by atoms with Crippen LogP contribution in [0.5, 0.6) is 5.75 Å². The smallest absolute Gasteiger partial charge is 0.339 e. The molecule has 1 unspecified atom stereocenters. The van der Waals surface area contributed by atoms with Crippen molar-refractivity contribution in [1.29, 1.82) is 0 Å². The van der Waals surface area contributed by atoms with E-state index < -0.39 is 5.97 Å². The summed E-state index contributed by atoms with van der Waals surface area (Å²) in [5, 5.41) is 14.6. The van der Waals surface area contributed by atoms with Gasteiger partial charge in [-0.25, -0.2) is 9.59 Å². The molecule has 1 atom stereocenters. The first-order valence-corrected chi connectivity index (χ1v) is 7.00. The third-order valence-corrected chi connectivity index (χ3v) is 3.91. The van der Waals surface area contributed by atoms with E-state index in [0.717, 1.165) is 12.8 Å². The summed E-state index contributed by atoms with van der Waals surface area (Å²) < 4.78 is 5.02. The first-order chi connectivity index (χ1) is 10.0. The lowest BCUT2D eigenvalue weighted by Gasteiger charge is -2.31. The second-order valence-electron chi connectivity index (χ2n) is 5.30. The highest BCUT2D eigenvalue weighted by Crippen LogP contribution is 2.29. The van der Waals surface area contributed by atoms with Gasteiger partial charge in [0.15, 0.2) is 0 Å². The Hall–Kier alpha value is -2.24. The summed E-state index contributed by atoms with van der Waals surface area (Å²) in [6.45, 7) is 2.00. The molecule has 1 fully saturated rings. The molecule has 0 aromatic heterocycles. The second kappa shape index (κ2) is 6.47. The monoisotopic (exact) mass is 292 g/mol. The number of benzene rings is 1. The van der Waals surface area contributed by atoms with Gasteiger partial charge in [0.05, 0.1) is 7.11 Å². The fourth-order valence-electron chi connectivity index (χ4n) is 2.38. The number of carbonyl (C=O) groups excluding carboxylic acids is 1. The molecule has 6 heteroatoms. The molecule has 1 aromatic rings. The number of carboxylic acids is 1. The highest BCUT2D eigenvalue weighted by atomic mass is 16.5. The van der Waals surface area contributed by atoms with Crippen LogP contribution < -0.4 is 15.4 Å². The van der Waals surface area contributed by atoms with Gasteiger partial charge in [-0.15, -0.1) is 0 Å². The molecule has 6 nitrogen and oxygen atoms in total. The molecule has 0 bridgehead atoms. The number of urea groups is 1. The first kappa shape index (κ1) is 15.2. The normalized spacial score (nSPS) is 15.7. The van der Waals surface area contributed by atoms with Crippen molar-refractivity contribution in [2.75, 3.05) is 12.4 Å². The molecule has 1 aliphatic rings. The number of methoxy groups -OCH3 is 1. The van der Waals surface area contributed by atoms with Crippen LogP contribution in [0.25, 0.3) is 0 Å². The summed E-state index contributed by atoms with van der Waals surface area (Å²) in [5.74, 6) is -0.298. The molecule has 1 aliphatic carbocycles. The number of nitrogens with one attached hydrogen (secondary N) is 2. The van der Waals surface area contributed by atoms with Gasteiger partial charge in [-0.1, -0.05) is 6.42 Å². The lowest BCUT2D eigenvalue weighted by atomic mass is 9.80. The number of rotatable bonds is 5. The van der Waals surface area contributed by atoms with Gasteiger partial charge in [0.25, 0.3) is 0 Å². The molecule has 0 aliphatic heterocycles. The Balaban J connectivity index is 1.98. The topological polar surface area (TPSA) is 87.7 Å². The van der Waals surface area contributed by atoms with E-state index in [1.807, 2.05) is 6.92 Å².